The van der Waals surface area contributed by atoms with E-state index >= 15 is 0 Å². The number of benzene rings is 2. The Morgan fingerprint density at radius 2 is 1.78 bits per heavy atom. The van der Waals surface area contributed by atoms with Gasteiger partial charge in [-0.25, -0.2) is 8.78 Å². The number of furan rings is 1. The van der Waals surface area contributed by atoms with Crippen molar-refractivity contribution in [1.29, 1.82) is 0 Å². The van der Waals surface area contributed by atoms with E-state index in [1.165, 1.54) is 12.1 Å². The molecule has 23 heavy (non-hydrogen) atoms. The van der Waals surface area contributed by atoms with Crippen LogP contribution in [0.4, 0.5) is 8.78 Å². The lowest BCUT2D eigenvalue weighted by Crippen LogP contribution is -2.12. The number of methoxy groups -OCH3 is 1. The van der Waals surface area contributed by atoms with Crippen LogP contribution >= 0.6 is 12.4 Å². The van der Waals surface area contributed by atoms with Gasteiger partial charge in [0.05, 0.1) is 13.7 Å². The number of hydrogen-bond donors (Lipinski definition) is 1. The molecule has 3 aromatic rings. The second-order valence-electron chi connectivity index (χ2n) is 4.97. The lowest BCUT2D eigenvalue weighted by molar-refractivity contribution is 0.406. The molecule has 0 saturated heterocycles. The number of nitrogens with one attached hydrogen (secondary N) is 1. The molecule has 1 heterocycles. The van der Waals surface area contributed by atoms with E-state index in [1.54, 1.807) is 7.11 Å². The predicted octanol–water partition coefficient (Wildman–Crippen LogP) is 4.43. The number of ether oxygens (including phenoxy) is 1. The second kappa shape index (κ2) is 7.44. The van der Waals surface area contributed by atoms with E-state index in [9.17, 15) is 8.78 Å². The minimum Gasteiger partial charge on any atom is -0.493 e. The van der Waals surface area contributed by atoms with Crippen LogP contribution in [0.3, 0.4) is 0 Å². The smallest absolute Gasteiger partial charge is 0.176 e. The fourth-order valence-electron chi connectivity index (χ4n) is 2.38. The molecule has 0 spiro atoms. The van der Waals surface area contributed by atoms with Gasteiger partial charge in [0.1, 0.15) is 17.4 Å². The van der Waals surface area contributed by atoms with Crippen LogP contribution < -0.4 is 10.1 Å². The van der Waals surface area contributed by atoms with E-state index in [1.807, 2.05) is 24.3 Å². The molecule has 6 heteroatoms. The average molecular weight is 340 g/mol. The van der Waals surface area contributed by atoms with Gasteiger partial charge in [0, 0.05) is 18.0 Å². The van der Waals surface area contributed by atoms with E-state index < -0.39 is 11.6 Å². The SMILES string of the molecule is COc1cccc2cc(CNCc3cc(F)cc(F)c3)oc12.Cl. The summed E-state index contributed by atoms with van der Waals surface area (Å²) >= 11 is 0. The summed E-state index contributed by atoms with van der Waals surface area (Å²) in [6.45, 7) is 0.804. The molecule has 0 amide bonds. The minimum absolute atomic E-state index is 0. The Labute approximate surface area is 138 Å². The predicted molar refractivity (Wildman–Crippen MR) is 86.9 cm³/mol. The normalized spacial score (nSPS) is 10.6. The Morgan fingerprint density at radius 3 is 2.48 bits per heavy atom. The summed E-state index contributed by atoms with van der Waals surface area (Å²) in [7, 11) is 1.59. The van der Waals surface area contributed by atoms with Crippen LogP contribution in [-0.4, -0.2) is 7.11 Å². The van der Waals surface area contributed by atoms with Crippen molar-refractivity contribution >= 4 is 23.4 Å². The summed E-state index contributed by atoms with van der Waals surface area (Å²) in [6.07, 6.45) is 0. The zero-order valence-electron chi connectivity index (χ0n) is 12.4. The summed E-state index contributed by atoms with van der Waals surface area (Å²) in [6, 6.07) is 11.0. The van der Waals surface area contributed by atoms with Gasteiger partial charge < -0.3 is 14.5 Å². The maximum Gasteiger partial charge on any atom is 0.176 e. The minimum atomic E-state index is -0.578. The van der Waals surface area contributed by atoms with Crippen LogP contribution in [0.5, 0.6) is 5.75 Å². The molecule has 1 N–H and O–H groups in total. The Hall–Kier alpha value is -2.11. The monoisotopic (exact) mass is 339 g/mol. The zero-order valence-corrected chi connectivity index (χ0v) is 13.3. The van der Waals surface area contributed by atoms with E-state index in [4.69, 9.17) is 9.15 Å². The molecule has 3 nitrogen and oxygen atoms in total. The molecule has 0 bridgehead atoms. The number of fused-ring (bicyclic) bond motifs is 1. The van der Waals surface area contributed by atoms with Crippen molar-refractivity contribution in [3.63, 3.8) is 0 Å². The van der Waals surface area contributed by atoms with Gasteiger partial charge in [0.25, 0.3) is 0 Å². The van der Waals surface area contributed by atoms with Crippen LogP contribution in [0.2, 0.25) is 0 Å². The van der Waals surface area contributed by atoms with E-state index in [0.717, 1.165) is 17.2 Å². The first-order valence-corrected chi connectivity index (χ1v) is 6.87. The Bertz CT molecular complexity index is 784. The Kier molecular flexibility index (Phi) is 5.58. The topological polar surface area (TPSA) is 34.4 Å². The van der Waals surface area contributed by atoms with Crippen molar-refractivity contribution < 1.29 is 17.9 Å². The van der Waals surface area contributed by atoms with Crippen LogP contribution in [0, 0.1) is 11.6 Å². The van der Waals surface area contributed by atoms with Gasteiger partial charge in [-0.05, 0) is 29.8 Å². The summed E-state index contributed by atoms with van der Waals surface area (Å²) in [5.41, 5.74) is 1.24. The zero-order chi connectivity index (χ0) is 15.5. The maximum atomic E-state index is 13.1. The Morgan fingerprint density at radius 1 is 1.04 bits per heavy atom. The van der Waals surface area contributed by atoms with Crippen molar-refractivity contribution in [1.82, 2.24) is 5.32 Å². The quantitative estimate of drug-likeness (QED) is 0.746. The van der Waals surface area contributed by atoms with Gasteiger partial charge in [0.2, 0.25) is 0 Å². The number of rotatable bonds is 5. The van der Waals surface area contributed by atoms with E-state index in [-0.39, 0.29) is 12.4 Å². The van der Waals surface area contributed by atoms with Crippen molar-refractivity contribution in [3.8, 4) is 5.75 Å². The van der Waals surface area contributed by atoms with Crippen molar-refractivity contribution in [2.75, 3.05) is 7.11 Å². The van der Waals surface area contributed by atoms with Gasteiger partial charge >= 0.3 is 0 Å². The fourth-order valence-corrected chi connectivity index (χ4v) is 2.38. The van der Waals surface area contributed by atoms with Gasteiger partial charge in [-0.15, -0.1) is 12.4 Å². The number of hydrogen-bond acceptors (Lipinski definition) is 3. The molecule has 0 saturated carbocycles. The molecule has 2 aromatic carbocycles. The van der Waals surface area contributed by atoms with Gasteiger partial charge in [-0.3, -0.25) is 0 Å². The first kappa shape index (κ1) is 17.2. The van der Waals surface area contributed by atoms with Gasteiger partial charge in [-0.1, -0.05) is 12.1 Å². The number of halogens is 3. The highest BCUT2D eigenvalue weighted by molar-refractivity contribution is 5.85. The van der Waals surface area contributed by atoms with Crippen LogP contribution in [0.1, 0.15) is 11.3 Å². The van der Waals surface area contributed by atoms with Crippen LogP contribution in [0.15, 0.2) is 46.9 Å². The molecule has 122 valence electrons. The molecule has 0 radical (unpaired) electrons. The second-order valence-corrected chi connectivity index (χ2v) is 4.97. The highest BCUT2D eigenvalue weighted by atomic mass is 35.5. The summed E-state index contributed by atoms with van der Waals surface area (Å²) in [5.74, 6) is 0.253. The molecular formula is C17H16ClF2NO2. The molecule has 3 rings (SSSR count). The van der Waals surface area contributed by atoms with Crippen molar-refractivity contribution in [2.24, 2.45) is 0 Å². The summed E-state index contributed by atoms with van der Waals surface area (Å²) in [4.78, 5) is 0. The first-order valence-electron chi connectivity index (χ1n) is 6.87. The third kappa shape index (κ3) is 4.00. The maximum absolute atomic E-state index is 13.1. The van der Waals surface area contributed by atoms with Crippen LogP contribution in [-0.2, 0) is 13.1 Å². The Balaban J connectivity index is 0.00000192. The average Bonchev–Trinajstić information content (AvgIpc) is 2.88. The largest absolute Gasteiger partial charge is 0.493 e. The van der Waals surface area contributed by atoms with Gasteiger partial charge in [-0.2, -0.15) is 0 Å². The molecule has 0 unspecified atom stereocenters. The standard InChI is InChI=1S/C17H15F2NO2.ClH/c1-21-16-4-2-3-12-7-15(22-17(12)16)10-20-9-11-5-13(18)8-14(19)6-11;/h2-8,20H,9-10H2,1H3;1H. The lowest BCUT2D eigenvalue weighted by atomic mass is 10.2. The molecule has 0 fully saturated rings. The highest BCUT2D eigenvalue weighted by Crippen LogP contribution is 2.28. The molecule has 0 atom stereocenters. The summed E-state index contributed by atoms with van der Waals surface area (Å²) in [5, 5.41) is 4.05. The van der Waals surface area contributed by atoms with E-state index in [0.29, 0.717) is 30.0 Å². The van der Waals surface area contributed by atoms with Crippen LogP contribution in [0.25, 0.3) is 11.0 Å². The fraction of sp³-hybridized carbons (Fsp3) is 0.176. The highest BCUT2D eigenvalue weighted by Gasteiger charge is 2.08. The van der Waals surface area contributed by atoms with Crippen molar-refractivity contribution in [2.45, 2.75) is 13.1 Å². The number of para-hydroxylation sites is 1. The molecule has 0 aliphatic carbocycles. The lowest BCUT2D eigenvalue weighted by Gasteiger charge is -2.04. The molecular weight excluding hydrogens is 324 g/mol. The van der Waals surface area contributed by atoms with E-state index in [2.05, 4.69) is 5.32 Å². The molecule has 0 aliphatic heterocycles. The molecule has 0 aliphatic rings. The van der Waals surface area contributed by atoms with Gasteiger partial charge in [0.15, 0.2) is 11.3 Å². The first-order chi connectivity index (χ1) is 10.7. The molecule has 1 aromatic heterocycles. The third-order valence-corrected chi connectivity index (χ3v) is 3.33. The van der Waals surface area contributed by atoms with Crippen molar-refractivity contribution in [3.05, 3.63) is 65.4 Å². The summed E-state index contributed by atoms with van der Waals surface area (Å²) < 4.78 is 37.2. The third-order valence-electron chi connectivity index (χ3n) is 3.33.